The van der Waals surface area contributed by atoms with Gasteiger partial charge in [0.25, 0.3) is 0 Å². The smallest absolute Gasteiger partial charge is 0.240 e. The van der Waals surface area contributed by atoms with E-state index < -0.39 is 5.50 Å². The summed E-state index contributed by atoms with van der Waals surface area (Å²) in [5.74, 6) is -0.572. The third kappa shape index (κ3) is 5.78. The van der Waals surface area contributed by atoms with E-state index in [0.29, 0.717) is 12.1 Å². The third-order valence-corrected chi connectivity index (χ3v) is 5.05. The first-order valence-electron chi connectivity index (χ1n) is 8.53. The van der Waals surface area contributed by atoms with Gasteiger partial charge >= 0.3 is 0 Å². The van der Waals surface area contributed by atoms with Crippen LogP contribution in [0.1, 0.15) is 11.1 Å². The Labute approximate surface area is 161 Å². The van der Waals surface area contributed by atoms with Gasteiger partial charge in [-0.15, -0.1) is 11.8 Å². The van der Waals surface area contributed by atoms with Gasteiger partial charge in [-0.05, 0) is 43.2 Å². The molecule has 2 aromatic carbocycles. The molecule has 0 aromatic heterocycles. The first-order valence-corrected chi connectivity index (χ1v) is 9.58. The Kier molecular flexibility index (Phi) is 6.44. The normalized spacial score (nSPS) is 19.4. The van der Waals surface area contributed by atoms with Gasteiger partial charge in [0.2, 0.25) is 11.8 Å². The predicted molar refractivity (Wildman–Crippen MR) is 104 cm³/mol. The Bertz CT molecular complexity index is 798. The van der Waals surface area contributed by atoms with Crippen LogP contribution in [0.4, 0.5) is 10.1 Å². The largest absolute Gasteiger partial charge is 0.329 e. The molecule has 4 N–H and O–H groups in total. The second-order valence-electron chi connectivity index (χ2n) is 6.29. The van der Waals surface area contributed by atoms with Gasteiger partial charge in [-0.25, -0.2) is 15.2 Å². The molecular weight excluding hydrogens is 367 g/mol. The molecule has 142 valence electrons. The Hall–Kier alpha value is -2.42. The van der Waals surface area contributed by atoms with Crippen LogP contribution in [0, 0.1) is 12.7 Å². The predicted octanol–water partition coefficient (Wildman–Crippen LogP) is 1.92. The Balaban J connectivity index is 1.42. The van der Waals surface area contributed by atoms with Gasteiger partial charge < -0.3 is 10.6 Å². The number of hydrogen-bond donors (Lipinski definition) is 4. The Morgan fingerprint density at radius 1 is 1.11 bits per heavy atom. The second-order valence-corrected chi connectivity index (χ2v) is 7.38. The van der Waals surface area contributed by atoms with Crippen molar-refractivity contribution in [1.29, 1.82) is 0 Å². The van der Waals surface area contributed by atoms with E-state index in [1.807, 2.05) is 31.2 Å². The number of carbonyl (C=O) groups is 2. The highest BCUT2D eigenvalue weighted by Crippen LogP contribution is 2.13. The summed E-state index contributed by atoms with van der Waals surface area (Å²) in [5.41, 5.74) is 8.37. The molecule has 1 aliphatic heterocycles. The number of rotatable bonds is 6. The van der Waals surface area contributed by atoms with Crippen molar-refractivity contribution in [1.82, 2.24) is 16.2 Å². The molecular formula is C19H21FN4O2S. The molecule has 0 spiro atoms. The first-order chi connectivity index (χ1) is 13.0. The number of nitrogens with one attached hydrogen (secondary N) is 4. The molecule has 6 nitrogen and oxygen atoms in total. The lowest BCUT2D eigenvalue weighted by atomic mass is 10.0. The molecule has 2 unspecified atom stereocenters. The molecule has 27 heavy (non-hydrogen) atoms. The summed E-state index contributed by atoms with van der Waals surface area (Å²) in [5, 5.41) is 5.52. The lowest BCUT2D eigenvalue weighted by molar-refractivity contribution is -0.125. The minimum atomic E-state index is -0.411. The van der Waals surface area contributed by atoms with E-state index in [2.05, 4.69) is 21.5 Å². The van der Waals surface area contributed by atoms with Crippen LogP contribution in [0.3, 0.4) is 0 Å². The van der Waals surface area contributed by atoms with Crippen molar-refractivity contribution in [2.45, 2.75) is 24.9 Å². The number of carbonyl (C=O) groups excluding carboxylic acids is 2. The monoisotopic (exact) mass is 388 g/mol. The summed E-state index contributed by atoms with van der Waals surface area (Å²) in [7, 11) is 0. The number of thioether (sulfide) groups is 1. The SMILES string of the molecule is Cc1ccc(CC2NNC(SCC(=O)Nc3ccc(F)cc3)NC2=O)cc1. The van der Waals surface area contributed by atoms with Crippen LogP contribution in [-0.2, 0) is 16.0 Å². The summed E-state index contributed by atoms with van der Waals surface area (Å²) in [6, 6.07) is 13.2. The molecule has 1 aliphatic rings. The van der Waals surface area contributed by atoms with E-state index >= 15 is 0 Å². The van der Waals surface area contributed by atoms with Gasteiger partial charge in [0.15, 0.2) is 0 Å². The van der Waals surface area contributed by atoms with E-state index in [0.717, 1.165) is 5.56 Å². The van der Waals surface area contributed by atoms with E-state index in [9.17, 15) is 14.0 Å². The summed E-state index contributed by atoms with van der Waals surface area (Å²) in [4.78, 5) is 24.2. The van der Waals surface area contributed by atoms with Gasteiger partial charge in [-0.2, -0.15) is 0 Å². The fraction of sp³-hybridized carbons (Fsp3) is 0.263. The van der Waals surface area contributed by atoms with E-state index in [1.165, 1.54) is 41.6 Å². The number of halogens is 1. The quantitative estimate of drug-likeness (QED) is 0.608. The van der Waals surface area contributed by atoms with Crippen molar-refractivity contribution < 1.29 is 14.0 Å². The Morgan fingerprint density at radius 3 is 2.48 bits per heavy atom. The molecule has 1 fully saturated rings. The summed E-state index contributed by atoms with van der Waals surface area (Å²) >= 11 is 1.25. The lowest BCUT2D eigenvalue weighted by Gasteiger charge is -2.31. The molecule has 0 radical (unpaired) electrons. The van der Waals surface area contributed by atoms with E-state index in [-0.39, 0.29) is 29.4 Å². The van der Waals surface area contributed by atoms with Crippen LogP contribution < -0.4 is 21.5 Å². The number of hydrazine groups is 1. The number of amides is 2. The third-order valence-electron chi connectivity index (χ3n) is 4.05. The lowest BCUT2D eigenvalue weighted by Crippen LogP contribution is -2.64. The van der Waals surface area contributed by atoms with E-state index in [4.69, 9.17) is 0 Å². The van der Waals surface area contributed by atoms with Crippen molar-refractivity contribution in [3.05, 3.63) is 65.5 Å². The molecule has 1 saturated heterocycles. The topological polar surface area (TPSA) is 82.3 Å². The molecule has 2 aromatic rings. The summed E-state index contributed by atoms with van der Waals surface area (Å²) in [6.45, 7) is 2.02. The summed E-state index contributed by atoms with van der Waals surface area (Å²) < 4.78 is 12.9. The highest BCUT2D eigenvalue weighted by atomic mass is 32.2. The summed E-state index contributed by atoms with van der Waals surface area (Å²) in [6.07, 6.45) is 0.571. The average molecular weight is 388 g/mol. The van der Waals surface area contributed by atoms with Crippen molar-refractivity contribution in [2.75, 3.05) is 11.1 Å². The minimum Gasteiger partial charge on any atom is -0.329 e. The van der Waals surface area contributed by atoms with E-state index in [1.54, 1.807) is 0 Å². The van der Waals surface area contributed by atoms with Crippen molar-refractivity contribution >= 4 is 29.3 Å². The van der Waals surface area contributed by atoms with Gasteiger partial charge in [-0.3, -0.25) is 9.59 Å². The second kappa shape index (κ2) is 8.98. The van der Waals surface area contributed by atoms with Crippen LogP contribution in [0.5, 0.6) is 0 Å². The number of hydrogen-bond acceptors (Lipinski definition) is 5. The van der Waals surface area contributed by atoms with Crippen LogP contribution in [-0.4, -0.2) is 29.1 Å². The van der Waals surface area contributed by atoms with Crippen molar-refractivity contribution in [3.8, 4) is 0 Å². The maximum atomic E-state index is 12.9. The van der Waals surface area contributed by atoms with Gasteiger partial charge in [0.05, 0.1) is 5.75 Å². The molecule has 3 rings (SSSR count). The zero-order valence-electron chi connectivity index (χ0n) is 14.8. The fourth-order valence-corrected chi connectivity index (χ4v) is 3.33. The molecule has 1 heterocycles. The number of aryl methyl sites for hydroxylation is 1. The van der Waals surface area contributed by atoms with Crippen LogP contribution in [0.2, 0.25) is 0 Å². The van der Waals surface area contributed by atoms with Crippen molar-refractivity contribution in [3.63, 3.8) is 0 Å². The molecule has 0 aliphatic carbocycles. The van der Waals surface area contributed by atoms with Gasteiger partial charge in [0, 0.05) is 5.69 Å². The average Bonchev–Trinajstić information content (AvgIpc) is 2.66. The zero-order chi connectivity index (χ0) is 19.2. The molecule has 2 atom stereocenters. The van der Waals surface area contributed by atoms with Crippen LogP contribution in [0.25, 0.3) is 0 Å². The van der Waals surface area contributed by atoms with Crippen LogP contribution in [0.15, 0.2) is 48.5 Å². The number of benzene rings is 2. The van der Waals surface area contributed by atoms with Crippen LogP contribution >= 0.6 is 11.8 Å². The standard InChI is InChI=1S/C19H21FN4O2S/c1-12-2-4-13(5-3-12)10-16-18(26)22-19(24-23-16)27-11-17(25)21-15-8-6-14(20)7-9-15/h2-9,16,19,23-24H,10-11H2,1H3,(H,21,25)(H,22,26). The highest BCUT2D eigenvalue weighted by Gasteiger charge is 2.27. The number of anilines is 1. The van der Waals surface area contributed by atoms with Gasteiger partial charge in [0.1, 0.15) is 17.4 Å². The minimum absolute atomic E-state index is 0.120. The molecule has 2 amide bonds. The molecule has 0 saturated carbocycles. The molecule has 8 heteroatoms. The maximum Gasteiger partial charge on any atom is 0.240 e. The van der Waals surface area contributed by atoms with Crippen molar-refractivity contribution in [2.24, 2.45) is 0 Å². The Morgan fingerprint density at radius 2 is 1.81 bits per heavy atom. The first kappa shape index (κ1) is 19.3. The highest BCUT2D eigenvalue weighted by molar-refractivity contribution is 8.00. The fourth-order valence-electron chi connectivity index (χ4n) is 2.58. The zero-order valence-corrected chi connectivity index (χ0v) is 15.6. The maximum absolute atomic E-state index is 12.9. The van der Waals surface area contributed by atoms with Gasteiger partial charge in [-0.1, -0.05) is 29.8 Å². The molecule has 0 bridgehead atoms.